The fourth-order valence-corrected chi connectivity index (χ4v) is 2.91. The van der Waals surface area contributed by atoms with Crippen molar-refractivity contribution in [2.75, 3.05) is 7.11 Å². The first-order chi connectivity index (χ1) is 11.3. The summed E-state index contributed by atoms with van der Waals surface area (Å²) in [5, 5.41) is 21.7. The van der Waals surface area contributed by atoms with Crippen molar-refractivity contribution in [1.82, 2.24) is 0 Å². The second-order valence-corrected chi connectivity index (χ2v) is 5.87. The lowest BCUT2D eigenvalue weighted by Crippen LogP contribution is -2.12. The van der Waals surface area contributed by atoms with Crippen LogP contribution in [0.5, 0.6) is 11.5 Å². The van der Waals surface area contributed by atoms with Crippen LogP contribution in [0, 0.1) is 20.2 Å². The van der Waals surface area contributed by atoms with Gasteiger partial charge in [0, 0.05) is 12.1 Å². The van der Waals surface area contributed by atoms with Gasteiger partial charge in [-0.25, -0.2) is 0 Å². The Morgan fingerprint density at radius 2 is 1.62 bits per heavy atom. The summed E-state index contributed by atoms with van der Waals surface area (Å²) in [6, 6.07) is 7.72. The summed E-state index contributed by atoms with van der Waals surface area (Å²) in [7, 11) is -3.38. The molecular weight excluding hydrogens is 344 g/mol. The molecule has 0 spiro atoms. The summed E-state index contributed by atoms with van der Waals surface area (Å²) in [5.41, 5.74) is -0.918. The first-order valence-corrected chi connectivity index (χ1v) is 7.67. The molecule has 10 nitrogen and oxygen atoms in total. The van der Waals surface area contributed by atoms with Crippen LogP contribution in [0.15, 0.2) is 47.4 Å². The summed E-state index contributed by atoms with van der Waals surface area (Å²) in [5.74, 6) is -0.800. The van der Waals surface area contributed by atoms with Crippen molar-refractivity contribution in [3.8, 4) is 11.5 Å². The van der Waals surface area contributed by atoms with Gasteiger partial charge in [0.25, 0.3) is 5.69 Å². The standard InChI is InChI=1S/C13H10N2O8S/c1-22-12-8-9(14(16)17)6-7-13(12)24(20,21)23-11-5-3-2-4-10(11)15(18)19/h2-8H,1H3. The molecule has 0 amide bonds. The molecule has 0 radical (unpaired) electrons. The van der Waals surface area contributed by atoms with Gasteiger partial charge in [-0.05, 0) is 12.1 Å². The fourth-order valence-electron chi connectivity index (χ4n) is 1.82. The Morgan fingerprint density at radius 1 is 0.958 bits per heavy atom. The number of hydrogen-bond donors (Lipinski definition) is 0. The smallest absolute Gasteiger partial charge is 0.343 e. The number of para-hydroxylation sites is 2. The number of nitrogens with zero attached hydrogens (tertiary/aromatic N) is 2. The largest absolute Gasteiger partial charge is 0.495 e. The summed E-state index contributed by atoms with van der Waals surface area (Å²) in [4.78, 5) is 19.6. The van der Waals surface area contributed by atoms with Gasteiger partial charge in [-0.3, -0.25) is 20.2 Å². The molecule has 0 fully saturated rings. The Balaban J connectivity index is 2.49. The van der Waals surface area contributed by atoms with E-state index in [1.54, 1.807) is 0 Å². The SMILES string of the molecule is COc1cc([N+](=O)[O-])ccc1S(=O)(=O)Oc1ccccc1[N+](=O)[O-]. The molecule has 0 saturated carbocycles. The van der Waals surface area contributed by atoms with Crippen molar-refractivity contribution in [3.05, 3.63) is 62.7 Å². The summed E-state index contributed by atoms with van der Waals surface area (Å²) >= 11 is 0. The van der Waals surface area contributed by atoms with Gasteiger partial charge in [-0.15, -0.1) is 0 Å². The van der Waals surface area contributed by atoms with Gasteiger partial charge < -0.3 is 8.92 Å². The molecule has 0 saturated heterocycles. The minimum Gasteiger partial charge on any atom is -0.495 e. The fraction of sp³-hybridized carbons (Fsp3) is 0.0769. The quantitative estimate of drug-likeness (QED) is 0.437. The van der Waals surface area contributed by atoms with E-state index >= 15 is 0 Å². The van der Waals surface area contributed by atoms with E-state index in [1.165, 1.54) is 12.1 Å². The molecule has 0 atom stereocenters. The third-order valence-corrected chi connectivity index (χ3v) is 4.16. The van der Waals surface area contributed by atoms with E-state index in [0.717, 1.165) is 37.4 Å². The maximum Gasteiger partial charge on any atom is 0.343 e. The monoisotopic (exact) mass is 354 g/mol. The van der Waals surface area contributed by atoms with E-state index in [4.69, 9.17) is 8.92 Å². The normalized spacial score (nSPS) is 10.9. The van der Waals surface area contributed by atoms with E-state index in [2.05, 4.69) is 0 Å². The molecule has 0 aliphatic carbocycles. The second-order valence-electron chi connectivity index (χ2n) is 4.35. The molecule has 0 unspecified atom stereocenters. The maximum absolute atomic E-state index is 12.3. The number of rotatable bonds is 6. The Hall–Kier alpha value is -3.21. The van der Waals surface area contributed by atoms with Gasteiger partial charge >= 0.3 is 15.8 Å². The molecule has 0 aliphatic rings. The van der Waals surface area contributed by atoms with Crippen LogP contribution < -0.4 is 8.92 Å². The topological polar surface area (TPSA) is 139 Å². The summed E-state index contributed by atoms with van der Waals surface area (Å²) in [6.45, 7) is 0. The predicted molar refractivity (Wildman–Crippen MR) is 80.6 cm³/mol. The minimum absolute atomic E-state index is 0.317. The number of methoxy groups -OCH3 is 1. The Kier molecular flexibility index (Phi) is 4.64. The average Bonchev–Trinajstić information content (AvgIpc) is 2.54. The first-order valence-electron chi connectivity index (χ1n) is 6.26. The molecule has 2 aromatic carbocycles. The van der Waals surface area contributed by atoms with Gasteiger partial charge in [0.15, 0.2) is 0 Å². The highest BCUT2D eigenvalue weighted by Crippen LogP contribution is 2.33. The molecule has 0 N–H and O–H groups in total. The zero-order chi connectivity index (χ0) is 17.9. The van der Waals surface area contributed by atoms with Gasteiger partial charge in [0.2, 0.25) is 5.75 Å². The highest BCUT2D eigenvalue weighted by atomic mass is 32.2. The highest BCUT2D eigenvalue weighted by molar-refractivity contribution is 7.87. The third-order valence-electron chi connectivity index (χ3n) is 2.89. The Bertz CT molecular complexity index is 910. The second kappa shape index (κ2) is 6.50. The van der Waals surface area contributed by atoms with Crippen molar-refractivity contribution in [1.29, 1.82) is 0 Å². The van der Waals surface area contributed by atoms with E-state index in [-0.39, 0.29) is 11.4 Å². The van der Waals surface area contributed by atoms with Crippen molar-refractivity contribution >= 4 is 21.5 Å². The van der Waals surface area contributed by atoms with Gasteiger partial charge in [-0.1, -0.05) is 12.1 Å². The Morgan fingerprint density at radius 3 is 2.21 bits per heavy atom. The summed E-state index contributed by atoms with van der Waals surface area (Å²) < 4.78 is 34.3. The predicted octanol–water partition coefficient (Wildman–Crippen LogP) is 2.28. The zero-order valence-corrected chi connectivity index (χ0v) is 12.9. The van der Waals surface area contributed by atoms with Crippen LogP contribution in [0.25, 0.3) is 0 Å². The molecule has 0 heterocycles. The van der Waals surface area contributed by atoms with Gasteiger partial charge in [0.05, 0.1) is 23.0 Å². The molecule has 11 heteroatoms. The molecule has 126 valence electrons. The van der Waals surface area contributed by atoms with Crippen LogP contribution in [-0.4, -0.2) is 25.4 Å². The van der Waals surface area contributed by atoms with Crippen LogP contribution in [0.1, 0.15) is 0 Å². The van der Waals surface area contributed by atoms with Crippen LogP contribution >= 0.6 is 0 Å². The molecule has 0 aliphatic heterocycles. The third kappa shape index (κ3) is 3.41. The molecule has 2 aromatic rings. The lowest BCUT2D eigenvalue weighted by molar-refractivity contribution is -0.385. The average molecular weight is 354 g/mol. The van der Waals surface area contributed by atoms with Crippen LogP contribution in [0.2, 0.25) is 0 Å². The molecule has 0 bridgehead atoms. The van der Waals surface area contributed by atoms with Crippen LogP contribution in [0.3, 0.4) is 0 Å². The zero-order valence-electron chi connectivity index (χ0n) is 12.1. The Labute approximate surface area is 135 Å². The van der Waals surface area contributed by atoms with E-state index < -0.39 is 36.3 Å². The van der Waals surface area contributed by atoms with Gasteiger partial charge in [-0.2, -0.15) is 8.42 Å². The molecule has 0 aromatic heterocycles. The number of ether oxygens (including phenoxy) is 1. The maximum atomic E-state index is 12.3. The molecule has 24 heavy (non-hydrogen) atoms. The number of hydrogen-bond acceptors (Lipinski definition) is 8. The van der Waals surface area contributed by atoms with Crippen LogP contribution in [-0.2, 0) is 10.1 Å². The van der Waals surface area contributed by atoms with Crippen molar-refractivity contribution < 1.29 is 27.2 Å². The van der Waals surface area contributed by atoms with Gasteiger partial charge in [0.1, 0.15) is 10.6 Å². The number of benzene rings is 2. The lowest BCUT2D eigenvalue weighted by atomic mass is 10.3. The van der Waals surface area contributed by atoms with Crippen molar-refractivity contribution in [2.45, 2.75) is 4.90 Å². The van der Waals surface area contributed by atoms with E-state index in [0.29, 0.717) is 0 Å². The molecular formula is C13H10N2O8S. The minimum atomic E-state index is -4.51. The van der Waals surface area contributed by atoms with Crippen molar-refractivity contribution in [2.24, 2.45) is 0 Å². The number of nitro benzene ring substituents is 2. The highest BCUT2D eigenvalue weighted by Gasteiger charge is 2.27. The number of non-ortho nitro benzene ring substituents is 1. The van der Waals surface area contributed by atoms with E-state index in [9.17, 15) is 28.6 Å². The van der Waals surface area contributed by atoms with Crippen molar-refractivity contribution in [3.63, 3.8) is 0 Å². The molecule has 2 rings (SSSR count). The lowest BCUT2D eigenvalue weighted by Gasteiger charge is -2.10. The first kappa shape index (κ1) is 17.1. The number of nitro groups is 2. The van der Waals surface area contributed by atoms with Crippen LogP contribution in [0.4, 0.5) is 11.4 Å². The van der Waals surface area contributed by atoms with E-state index in [1.807, 2.05) is 0 Å². The summed E-state index contributed by atoms with van der Waals surface area (Å²) in [6.07, 6.45) is 0.